The maximum atomic E-state index is 10.5. The molecule has 90 valence electrons. The molecule has 0 amide bonds. The molecular weight excluding hydrogens is 214 g/mol. The molecular formula is C10H21NO3S. The molecule has 3 N–H and O–H groups in total. The summed E-state index contributed by atoms with van der Waals surface area (Å²) in [5.74, 6) is 0.218. The summed E-state index contributed by atoms with van der Waals surface area (Å²) in [4.78, 5) is 10.5. The van der Waals surface area contributed by atoms with Gasteiger partial charge in [0.25, 0.3) is 0 Å². The van der Waals surface area contributed by atoms with Crippen molar-refractivity contribution in [3.63, 3.8) is 0 Å². The monoisotopic (exact) mass is 235 g/mol. The zero-order valence-corrected chi connectivity index (χ0v) is 10.1. The lowest BCUT2D eigenvalue weighted by atomic mass is 10.1. The number of hydroxylamine groups is 1. The SMILES string of the molecule is CSCCCCCCCC(NO)C(=O)O. The Labute approximate surface area is 95.4 Å². The molecule has 0 fully saturated rings. The van der Waals surface area contributed by atoms with E-state index >= 15 is 0 Å². The molecule has 0 saturated carbocycles. The minimum atomic E-state index is -0.986. The molecule has 1 unspecified atom stereocenters. The molecule has 4 nitrogen and oxygen atoms in total. The van der Waals surface area contributed by atoms with Crippen molar-refractivity contribution in [2.75, 3.05) is 12.0 Å². The number of nitrogens with one attached hydrogen (secondary N) is 1. The number of aliphatic carboxylic acids is 1. The van der Waals surface area contributed by atoms with Gasteiger partial charge in [0.15, 0.2) is 0 Å². The second-order valence-corrected chi connectivity index (χ2v) is 4.55. The van der Waals surface area contributed by atoms with E-state index in [0.717, 1.165) is 19.3 Å². The second kappa shape index (κ2) is 10.3. The fourth-order valence-electron chi connectivity index (χ4n) is 1.37. The van der Waals surface area contributed by atoms with E-state index in [0.29, 0.717) is 6.42 Å². The van der Waals surface area contributed by atoms with E-state index in [1.54, 1.807) is 0 Å². The molecule has 15 heavy (non-hydrogen) atoms. The van der Waals surface area contributed by atoms with Crippen LogP contribution in [0.3, 0.4) is 0 Å². The third-order valence-electron chi connectivity index (χ3n) is 2.30. The zero-order chi connectivity index (χ0) is 11.5. The molecule has 0 aliphatic heterocycles. The average Bonchev–Trinajstić information content (AvgIpc) is 2.21. The molecule has 5 heteroatoms. The number of carboxylic acid groups (broad SMARTS) is 1. The summed E-state index contributed by atoms with van der Waals surface area (Å²) in [5.41, 5.74) is 1.81. The van der Waals surface area contributed by atoms with Crippen molar-refractivity contribution in [1.29, 1.82) is 0 Å². The highest BCUT2D eigenvalue weighted by atomic mass is 32.2. The van der Waals surface area contributed by atoms with Crippen LogP contribution >= 0.6 is 11.8 Å². The Balaban J connectivity index is 3.25. The first-order chi connectivity index (χ1) is 7.22. The van der Waals surface area contributed by atoms with E-state index in [1.165, 1.54) is 18.6 Å². The van der Waals surface area contributed by atoms with Crippen LogP contribution in [0.5, 0.6) is 0 Å². The maximum Gasteiger partial charge on any atom is 0.323 e. The smallest absolute Gasteiger partial charge is 0.323 e. The number of thioether (sulfide) groups is 1. The number of carboxylic acids is 1. The molecule has 0 heterocycles. The average molecular weight is 235 g/mol. The van der Waals surface area contributed by atoms with Crippen molar-refractivity contribution in [3.8, 4) is 0 Å². The molecule has 0 aromatic rings. The molecule has 0 rings (SSSR count). The Morgan fingerprint density at radius 2 is 1.87 bits per heavy atom. The number of unbranched alkanes of at least 4 members (excludes halogenated alkanes) is 4. The van der Waals surface area contributed by atoms with Crippen LogP contribution in [0.25, 0.3) is 0 Å². The van der Waals surface area contributed by atoms with Gasteiger partial charge < -0.3 is 10.3 Å². The number of hydrogen-bond acceptors (Lipinski definition) is 4. The van der Waals surface area contributed by atoms with Crippen LogP contribution in [0.1, 0.15) is 38.5 Å². The normalized spacial score (nSPS) is 12.7. The Bertz CT molecular complexity index is 167. The third kappa shape index (κ3) is 8.72. The first-order valence-electron chi connectivity index (χ1n) is 5.33. The minimum Gasteiger partial charge on any atom is -0.480 e. The Morgan fingerprint density at radius 3 is 2.40 bits per heavy atom. The van der Waals surface area contributed by atoms with Gasteiger partial charge in [0.2, 0.25) is 0 Å². The maximum absolute atomic E-state index is 10.5. The van der Waals surface area contributed by atoms with Crippen molar-refractivity contribution < 1.29 is 15.1 Å². The van der Waals surface area contributed by atoms with Gasteiger partial charge in [-0.3, -0.25) is 4.79 Å². The molecule has 0 saturated heterocycles. The van der Waals surface area contributed by atoms with Crippen molar-refractivity contribution in [2.24, 2.45) is 0 Å². The predicted molar refractivity (Wildman–Crippen MR) is 62.4 cm³/mol. The number of hydrogen-bond donors (Lipinski definition) is 3. The van der Waals surface area contributed by atoms with Gasteiger partial charge in [-0.1, -0.05) is 25.7 Å². The van der Waals surface area contributed by atoms with Crippen LogP contribution in [-0.4, -0.2) is 34.3 Å². The lowest BCUT2D eigenvalue weighted by Crippen LogP contribution is -2.34. The van der Waals surface area contributed by atoms with Crippen LogP contribution < -0.4 is 5.48 Å². The van der Waals surface area contributed by atoms with E-state index in [1.807, 2.05) is 17.2 Å². The van der Waals surface area contributed by atoms with Gasteiger partial charge in [-0.05, 0) is 24.9 Å². The van der Waals surface area contributed by atoms with Crippen molar-refractivity contribution >= 4 is 17.7 Å². The highest BCUT2D eigenvalue weighted by Crippen LogP contribution is 2.09. The summed E-state index contributed by atoms with van der Waals surface area (Å²) >= 11 is 1.86. The minimum absolute atomic E-state index is 0.494. The quantitative estimate of drug-likeness (QED) is 0.400. The molecule has 1 atom stereocenters. The zero-order valence-electron chi connectivity index (χ0n) is 9.24. The van der Waals surface area contributed by atoms with E-state index in [2.05, 4.69) is 6.26 Å². The summed E-state index contributed by atoms with van der Waals surface area (Å²) in [6, 6.07) is -0.809. The van der Waals surface area contributed by atoms with Crippen molar-refractivity contribution in [1.82, 2.24) is 5.48 Å². The Hall–Kier alpha value is -0.260. The van der Waals surface area contributed by atoms with Gasteiger partial charge in [0.05, 0.1) is 0 Å². The highest BCUT2D eigenvalue weighted by Gasteiger charge is 2.14. The van der Waals surface area contributed by atoms with Gasteiger partial charge >= 0.3 is 5.97 Å². The van der Waals surface area contributed by atoms with Crippen LogP contribution in [0.2, 0.25) is 0 Å². The van der Waals surface area contributed by atoms with Crippen molar-refractivity contribution in [2.45, 2.75) is 44.6 Å². The van der Waals surface area contributed by atoms with Crippen molar-refractivity contribution in [3.05, 3.63) is 0 Å². The van der Waals surface area contributed by atoms with Crippen LogP contribution in [0, 0.1) is 0 Å². The van der Waals surface area contributed by atoms with E-state index in [4.69, 9.17) is 10.3 Å². The van der Waals surface area contributed by atoms with Gasteiger partial charge in [-0.15, -0.1) is 0 Å². The van der Waals surface area contributed by atoms with E-state index in [-0.39, 0.29) is 0 Å². The first kappa shape index (κ1) is 14.7. The molecule has 0 aromatic carbocycles. The van der Waals surface area contributed by atoms with Crippen LogP contribution in [-0.2, 0) is 4.79 Å². The summed E-state index contributed by atoms with van der Waals surface area (Å²) in [5, 5.41) is 17.2. The lowest BCUT2D eigenvalue weighted by molar-refractivity contribution is -0.142. The fourth-order valence-corrected chi connectivity index (χ4v) is 1.86. The number of rotatable bonds is 10. The molecule has 0 radical (unpaired) electrons. The highest BCUT2D eigenvalue weighted by molar-refractivity contribution is 7.98. The summed E-state index contributed by atoms with van der Waals surface area (Å²) in [7, 11) is 0. The van der Waals surface area contributed by atoms with Gasteiger partial charge in [0.1, 0.15) is 6.04 Å². The van der Waals surface area contributed by atoms with Gasteiger partial charge in [-0.25, -0.2) is 0 Å². The molecule has 0 aromatic heterocycles. The molecule has 0 bridgehead atoms. The Morgan fingerprint density at radius 1 is 1.27 bits per heavy atom. The van der Waals surface area contributed by atoms with Gasteiger partial charge in [-0.2, -0.15) is 17.2 Å². The molecule has 0 aliphatic rings. The fraction of sp³-hybridized carbons (Fsp3) is 0.900. The van der Waals surface area contributed by atoms with Gasteiger partial charge in [0, 0.05) is 0 Å². The lowest BCUT2D eigenvalue weighted by Gasteiger charge is -2.09. The van der Waals surface area contributed by atoms with E-state index in [9.17, 15) is 4.79 Å². The first-order valence-corrected chi connectivity index (χ1v) is 6.73. The second-order valence-electron chi connectivity index (χ2n) is 3.57. The van der Waals surface area contributed by atoms with Crippen LogP contribution in [0.4, 0.5) is 0 Å². The Kier molecular flexibility index (Phi) is 10.1. The summed E-state index contributed by atoms with van der Waals surface area (Å²) in [6.07, 6.45) is 8.09. The summed E-state index contributed by atoms with van der Waals surface area (Å²) in [6.45, 7) is 0. The van der Waals surface area contributed by atoms with Crippen LogP contribution in [0.15, 0.2) is 0 Å². The largest absolute Gasteiger partial charge is 0.480 e. The molecule has 0 aliphatic carbocycles. The third-order valence-corrected chi connectivity index (χ3v) is 2.99. The standard InChI is InChI=1S/C10H21NO3S/c1-15-8-6-4-2-3-5-7-9(11-14)10(12)13/h9,11,14H,2-8H2,1H3,(H,12,13). The predicted octanol–water partition coefficient (Wildman–Crippen LogP) is 2.12. The molecule has 0 spiro atoms. The topological polar surface area (TPSA) is 69.6 Å². The van der Waals surface area contributed by atoms with E-state index < -0.39 is 12.0 Å². The number of carbonyl (C=O) groups is 1. The summed E-state index contributed by atoms with van der Waals surface area (Å²) < 4.78 is 0.